The molecule has 0 aromatic heterocycles. The molecule has 1 heterocycles. The van der Waals surface area contributed by atoms with Crippen LogP contribution in [0.5, 0.6) is 11.5 Å². The smallest absolute Gasteiger partial charge is 0.341 e. The fraction of sp³-hybridized carbons (Fsp3) is 0.250. The maximum atomic E-state index is 13.2. The summed E-state index contributed by atoms with van der Waals surface area (Å²) in [4.78, 5) is 37.8. The third-order valence-corrected chi connectivity index (χ3v) is 5.23. The zero-order valence-corrected chi connectivity index (χ0v) is 19.5. The van der Waals surface area contributed by atoms with Gasteiger partial charge < -0.3 is 14.6 Å². The van der Waals surface area contributed by atoms with Crippen LogP contribution in [-0.2, 0) is 19.8 Å². The van der Waals surface area contributed by atoms with Gasteiger partial charge in [0.1, 0.15) is 5.57 Å². The van der Waals surface area contributed by atoms with E-state index in [1.807, 2.05) is 12.1 Å². The molecule has 172 valence electrons. The Kier molecular flexibility index (Phi) is 6.83. The quantitative estimate of drug-likeness (QED) is 0.381. The van der Waals surface area contributed by atoms with Gasteiger partial charge in [0.25, 0.3) is 11.8 Å². The van der Waals surface area contributed by atoms with Crippen LogP contribution in [0.1, 0.15) is 31.9 Å². The first-order valence-electron chi connectivity index (χ1n) is 10.1. The molecule has 33 heavy (non-hydrogen) atoms. The minimum Gasteiger partial charge on any atom is -0.493 e. The number of amides is 2. The van der Waals surface area contributed by atoms with Crippen LogP contribution < -0.4 is 19.7 Å². The van der Waals surface area contributed by atoms with Crippen LogP contribution in [0.15, 0.2) is 48.0 Å². The number of aliphatic carboxylic acids is 1. The number of carbonyl (C=O) groups excluding carboxylic acids is 2. The number of carboxylic acids is 1. The Labute approximate surface area is 196 Å². The van der Waals surface area contributed by atoms with Crippen molar-refractivity contribution in [2.75, 3.05) is 18.6 Å². The highest BCUT2D eigenvalue weighted by Gasteiger charge is 2.34. The molecular formula is C24H24N2O6S. The molecule has 0 atom stereocenters. The molecular weight excluding hydrogens is 444 g/mol. The van der Waals surface area contributed by atoms with E-state index in [9.17, 15) is 14.4 Å². The van der Waals surface area contributed by atoms with Crippen LogP contribution in [-0.4, -0.2) is 41.7 Å². The topological polar surface area (TPSA) is 105 Å². The Morgan fingerprint density at radius 3 is 2.36 bits per heavy atom. The zero-order valence-electron chi connectivity index (χ0n) is 18.7. The molecule has 3 rings (SSSR count). The number of carboxylic acid groups (broad SMARTS) is 1. The predicted molar refractivity (Wildman–Crippen MR) is 127 cm³/mol. The molecule has 0 bridgehead atoms. The molecule has 1 aliphatic rings. The molecule has 2 N–H and O–H groups in total. The summed E-state index contributed by atoms with van der Waals surface area (Å²) in [5, 5.41) is 11.3. The van der Waals surface area contributed by atoms with E-state index in [4.69, 9.17) is 26.8 Å². The van der Waals surface area contributed by atoms with E-state index in [0.29, 0.717) is 11.3 Å². The summed E-state index contributed by atoms with van der Waals surface area (Å²) < 4.78 is 10.4. The van der Waals surface area contributed by atoms with Gasteiger partial charge in [-0.1, -0.05) is 39.0 Å². The normalized spacial score (nSPS) is 15.5. The Balaban J connectivity index is 1.93. The highest BCUT2D eigenvalue weighted by Crippen LogP contribution is 2.30. The van der Waals surface area contributed by atoms with Gasteiger partial charge in [-0.05, 0) is 59.1 Å². The van der Waals surface area contributed by atoms with Gasteiger partial charge in [0.05, 0.1) is 12.8 Å². The van der Waals surface area contributed by atoms with Gasteiger partial charge in [0.2, 0.25) is 0 Å². The minimum absolute atomic E-state index is 0.000609. The van der Waals surface area contributed by atoms with E-state index in [0.717, 1.165) is 5.56 Å². The van der Waals surface area contributed by atoms with Crippen LogP contribution >= 0.6 is 12.2 Å². The maximum absolute atomic E-state index is 13.2. The second-order valence-electron chi connectivity index (χ2n) is 8.35. The molecule has 2 aromatic carbocycles. The number of ether oxygens (including phenoxy) is 2. The number of anilines is 1. The first-order valence-corrected chi connectivity index (χ1v) is 10.5. The first kappa shape index (κ1) is 23.9. The third kappa shape index (κ3) is 5.38. The van der Waals surface area contributed by atoms with Crippen molar-refractivity contribution in [2.45, 2.75) is 26.2 Å². The Morgan fingerprint density at radius 1 is 1.12 bits per heavy atom. The number of benzene rings is 2. The summed E-state index contributed by atoms with van der Waals surface area (Å²) in [6.07, 6.45) is 1.42. The van der Waals surface area contributed by atoms with Gasteiger partial charge in [-0.25, -0.2) is 4.79 Å². The van der Waals surface area contributed by atoms with E-state index in [-0.39, 0.29) is 27.6 Å². The van der Waals surface area contributed by atoms with E-state index in [1.54, 1.807) is 24.3 Å². The van der Waals surface area contributed by atoms with Crippen molar-refractivity contribution in [1.29, 1.82) is 0 Å². The first-order chi connectivity index (χ1) is 15.5. The number of nitrogens with zero attached hydrogens (tertiary/aromatic N) is 1. The monoisotopic (exact) mass is 468 g/mol. The fourth-order valence-corrected chi connectivity index (χ4v) is 3.48. The van der Waals surface area contributed by atoms with Gasteiger partial charge in [-0.15, -0.1) is 0 Å². The summed E-state index contributed by atoms with van der Waals surface area (Å²) in [6.45, 7) is 5.74. The lowest BCUT2D eigenvalue weighted by Gasteiger charge is -2.29. The van der Waals surface area contributed by atoms with Crippen molar-refractivity contribution in [3.05, 3.63) is 59.2 Å². The number of thiocarbonyl (C=S) groups is 1. The lowest BCUT2D eigenvalue weighted by molar-refractivity contribution is -0.139. The summed E-state index contributed by atoms with van der Waals surface area (Å²) in [5.74, 6) is -1.81. The molecule has 0 unspecified atom stereocenters. The highest BCUT2D eigenvalue weighted by atomic mass is 32.1. The van der Waals surface area contributed by atoms with E-state index < -0.39 is 24.4 Å². The van der Waals surface area contributed by atoms with Gasteiger partial charge in [-0.2, -0.15) is 0 Å². The molecule has 2 aromatic rings. The molecule has 8 nitrogen and oxygen atoms in total. The van der Waals surface area contributed by atoms with Crippen molar-refractivity contribution >= 4 is 46.9 Å². The number of nitrogens with one attached hydrogen (secondary N) is 1. The molecule has 2 amide bonds. The van der Waals surface area contributed by atoms with E-state index >= 15 is 0 Å². The second-order valence-corrected chi connectivity index (χ2v) is 8.73. The Hall–Kier alpha value is -3.72. The van der Waals surface area contributed by atoms with Crippen molar-refractivity contribution in [3.63, 3.8) is 0 Å². The fourth-order valence-electron chi connectivity index (χ4n) is 3.20. The minimum atomic E-state index is -1.13. The summed E-state index contributed by atoms with van der Waals surface area (Å²) >= 11 is 5.26. The number of rotatable bonds is 6. The van der Waals surface area contributed by atoms with Crippen molar-refractivity contribution in [2.24, 2.45) is 0 Å². The average molecular weight is 469 g/mol. The van der Waals surface area contributed by atoms with Crippen molar-refractivity contribution < 1.29 is 29.0 Å². The molecule has 0 spiro atoms. The number of carbonyl (C=O) groups is 3. The average Bonchev–Trinajstić information content (AvgIpc) is 2.75. The summed E-state index contributed by atoms with van der Waals surface area (Å²) in [6, 6.07) is 12.1. The Bertz CT molecular complexity index is 1150. The van der Waals surface area contributed by atoms with Crippen LogP contribution in [0.3, 0.4) is 0 Å². The highest BCUT2D eigenvalue weighted by molar-refractivity contribution is 7.80. The number of methoxy groups -OCH3 is 1. The summed E-state index contributed by atoms with van der Waals surface area (Å²) in [7, 11) is 1.40. The molecule has 1 saturated heterocycles. The lowest BCUT2D eigenvalue weighted by Crippen LogP contribution is -2.54. The Morgan fingerprint density at radius 2 is 1.79 bits per heavy atom. The third-order valence-electron chi connectivity index (χ3n) is 4.94. The van der Waals surface area contributed by atoms with E-state index in [2.05, 4.69) is 26.1 Å². The molecule has 1 fully saturated rings. The number of hydrogen-bond acceptors (Lipinski definition) is 6. The second kappa shape index (κ2) is 9.41. The van der Waals surface area contributed by atoms with Gasteiger partial charge in [0.15, 0.2) is 23.2 Å². The molecule has 1 aliphatic heterocycles. The SMILES string of the molecule is COc1cc(/C=C2/C(=O)NC(=S)N(c3ccc(C(C)(C)C)cc3)C2=O)ccc1OCC(=O)O. The lowest BCUT2D eigenvalue weighted by atomic mass is 9.87. The summed E-state index contributed by atoms with van der Waals surface area (Å²) in [5.41, 5.74) is 1.97. The van der Waals surface area contributed by atoms with Crippen molar-refractivity contribution in [1.82, 2.24) is 5.32 Å². The van der Waals surface area contributed by atoms with E-state index in [1.165, 1.54) is 24.2 Å². The predicted octanol–water partition coefficient (Wildman–Crippen LogP) is 3.29. The molecule has 9 heteroatoms. The maximum Gasteiger partial charge on any atom is 0.341 e. The van der Waals surface area contributed by atoms with Gasteiger partial charge >= 0.3 is 5.97 Å². The standard InChI is InChI=1S/C24H24N2O6S/c1-24(2,3)15-6-8-16(9-7-15)26-22(30)17(21(29)25-23(26)33)11-14-5-10-18(19(12-14)31-4)32-13-20(27)28/h5-12H,13H2,1-4H3,(H,27,28)(H,25,29,33)/b17-11-. The van der Waals surface area contributed by atoms with Gasteiger partial charge in [0, 0.05) is 0 Å². The number of hydrogen-bond donors (Lipinski definition) is 2. The van der Waals surface area contributed by atoms with Crippen LogP contribution in [0.2, 0.25) is 0 Å². The van der Waals surface area contributed by atoms with Crippen LogP contribution in [0, 0.1) is 0 Å². The zero-order chi connectivity index (χ0) is 24.3. The van der Waals surface area contributed by atoms with Crippen molar-refractivity contribution in [3.8, 4) is 11.5 Å². The molecule has 0 radical (unpaired) electrons. The molecule has 0 saturated carbocycles. The van der Waals surface area contributed by atoms with Gasteiger partial charge in [-0.3, -0.25) is 19.8 Å². The van der Waals surface area contributed by atoms with Crippen LogP contribution in [0.25, 0.3) is 6.08 Å². The molecule has 0 aliphatic carbocycles. The largest absolute Gasteiger partial charge is 0.493 e. The van der Waals surface area contributed by atoms with Crippen LogP contribution in [0.4, 0.5) is 5.69 Å².